The van der Waals surface area contributed by atoms with Crippen molar-refractivity contribution in [3.05, 3.63) is 0 Å². The van der Waals surface area contributed by atoms with Gasteiger partial charge in [-0.05, 0) is 25.2 Å². The molecule has 20 heavy (non-hydrogen) atoms. The van der Waals surface area contributed by atoms with E-state index in [1.807, 2.05) is 6.92 Å². The summed E-state index contributed by atoms with van der Waals surface area (Å²) in [7, 11) is -6.83. The average molecular weight is 327 g/mol. The molecule has 0 radical (unpaired) electrons. The maximum absolute atomic E-state index is 11.9. The predicted molar refractivity (Wildman–Crippen MR) is 74.6 cm³/mol. The summed E-state index contributed by atoms with van der Waals surface area (Å²) in [6.45, 7) is 2.07. The second kappa shape index (κ2) is 6.86. The van der Waals surface area contributed by atoms with E-state index < -0.39 is 31.1 Å². The zero-order chi connectivity index (χ0) is 15.4. The van der Waals surface area contributed by atoms with Gasteiger partial charge in [0.15, 0.2) is 9.84 Å². The van der Waals surface area contributed by atoms with Gasteiger partial charge in [0, 0.05) is 13.0 Å². The van der Waals surface area contributed by atoms with Gasteiger partial charge < -0.3 is 5.11 Å². The Balaban J connectivity index is 2.35. The van der Waals surface area contributed by atoms with Crippen LogP contribution < -0.4 is 4.72 Å². The standard InChI is InChI=1S/C11H21NO6S2/c1-9(2-3-11(13)14)4-6-12-20(17,18)10-5-7-19(15,16)8-10/h9-10,12H,2-8H2,1H3,(H,13,14). The molecule has 0 aromatic rings. The number of rotatable bonds is 8. The molecule has 2 unspecified atom stereocenters. The predicted octanol–water partition coefficient (Wildman–Crippen LogP) is -0.0161. The van der Waals surface area contributed by atoms with E-state index in [1.54, 1.807) is 0 Å². The molecule has 2 atom stereocenters. The number of sulfonamides is 1. The first-order valence-electron chi connectivity index (χ1n) is 6.53. The molecule has 118 valence electrons. The summed E-state index contributed by atoms with van der Waals surface area (Å²) in [4.78, 5) is 10.4. The molecule has 0 aromatic carbocycles. The molecule has 1 aliphatic rings. The van der Waals surface area contributed by atoms with E-state index >= 15 is 0 Å². The fraction of sp³-hybridized carbons (Fsp3) is 0.909. The maximum atomic E-state index is 11.9. The van der Waals surface area contributed by atoms with Crippen molar-refractivity contribution in [3.63, 3.8) is 0 Å². The number of carbonyl (C=O) groups is 1. The van der Waals surface area contributed by atoms with Crippen molar-refractivity contribution in [1.82, 2.24) is 4.72 Å². The lowest BCUT2D eigenvalue weighted by Crippen LogP contribution is -2.36. The normalized spacial score (nSPS) is 23.6. The van der Waals surface area contributed by atoms with Crippen LogP contribution in [0.3, 0.4) is 0 Å². The highest BCUT2D eigenvalue weighted by Crippen LogP contribution is 2.18. The highest BCUT2D eigenvalue weighted by atomic mass is 32.2. The molecule has 0 aromatic heterocycles. The molecule has 1 heterocycles. The van der Waals surface area contributed by atoms with Crippen LogP contribution in [-0.2, 0) is 24.7 Å². The van der Waals surface area contributed by atoms with Gasteiger partial charge in [0.25, 0.3) is 0 Å². The van der Waals surface area contributed by atoms with Gasteiger partial charge in [-0.2, -0.15) is 0 Å². The topological polar surface area (TPSA) is 118 Å². The fourth-order valence-corrected chi connectivity index (χ4v) is 6.18. The van der Waals surface area contributed by atoms with E-state index in [4.69, 9.17) is 5.11 Å². The average Bonchev–Trinajstić information content (AvgIpc) is 2.67. The summed E-state index contributed by atoms with van der Waals surface area (Å²) in [5, 5.41) is 7.68. The third-order valence-corrected chi connectivity index (χ3v) is 7.29. The summed E-state index contributed by atoms with van der Waals surface area (Å²) in [5.41, 5.74) is 0. The van der Waals surface area contributed by atoms with Crippen LogP contribution in [0.5, 0.6) is 0 Å². The van der Waals surface area contributed by atoms with Crippen LogP contribution in [0.1, 0.15) is 32.6 Å². The van der Waals surface area contributed by atoms with Crippen molar-refractivity contribution in [2.75, 3.05) is 18.1 Å². The van der Waals surface area contributed by atoms with Crippen molar-refractivity contribution in [1.29, 1.82) is 0 Å². The van der Waals surface area contributed by atoms with Gasteiger partial charge in [-0.15, -0.1) is 0 Å². The Morgan fingerprint density at radius 2 is 2.05 bits per heavy atom. The summed E-state index contributed by atoms with van der Waals surface area (Å²) >= 11 is 0. The molecule has 1 fully saturated rings. The Bertz CT molecular complexity index is 539. The van der Waals surface area contributed by atoms with Gasteiger partial charge in [0.05, 0.1) is 16.8 Å². The van der Waals surface area contributed by atoms with E-state index in [0.717, 1.165) is 0 Å². The van der Waals surface area contributed by atoms with Gasteiger partial charge in [-0.25, -0.2) is 21.6 Å². The highest BCUT2D eigenvalue weighted by molar-refractivity contribution is 7.95. The van der Waals surface area contributed by atoms with Crippen LogP contribution in [0.25, 0.3) is 0 Å². The molecule has 0 amide bonds. The third-order valence-electron chi connectivity index (χ3n) is 3.42. The Morgan fingerprint density at radius 1 is 1.40 bits per heavy atom. The van der Waals surface area contributed by atoms with E-state index in [-0.39, 0.29) is 36.8 Å². The second-order valence-electron chi connectivity index (χ2n) is 5.29. The molecule has 0 bridgehead atoms. The molecule has 1 rings (SSSR count). The Kier molecular flexibility index (Phi) is 5.96. The minimum atomic E-state index is -3.60. The van der Waals surface area contributed by atoms with E-state index in [9.17, 15) is 21.6 Å². The largest absolute Gasteiger partial charge is 0.481 e. The quantitative estimate of drug-likeness (QED) is 0.647. The Hall–Kier alpha value is -0.670. The summed E-state index contributed by atoms with van der Waals surface area (Å²) < 4.78 is 48.8. The Labute approximate surface area is 119 Å². The number of nitrogens with one attached hydrogen (secondary N) is 1. The Morgan fingerprint density at radius 3 is 2.55 bits per heavy atom. The first-order chi connectivity index (χ1) is 9.12. The molecule has 1 saturated heterocycles. The smallest absolute Gasteiger partial charge is 0.303 e. The van der Waals surface area contributed by atoms with Crippen molar-refractivity contribution < 1.29 is 26.7 Å². The molecule has 2 N–H and O–H groups in total. The van der Waals surface area contributed by atoms with Crippen LogP contribution in [-0.4, -0.2) is 51.2 Å². The van der Waals surface area contributed by atoms with Crippen molar-refractivity contribution in [2.45, 2.75) is 37.9 Å². The van der Waals surface area contributed by atoms with Crippen LogP contribution >= 0.6 is 0 Å². The molecule has 9 heteroatoms. The minimum absolute atomic E-state index is 0.0643. The van der Waals surface area contributed by atoms with E-state index in [0.29, 0.717) is 12.8 Å². The molecule has 0 spiro atoms. The molecule has 7 nitrogen and oxygen atoms in total. The number of hydrogen-bond donors (Lipinski definition) is 2. The van der Waals surface area contributed by atoms with Crippen molar-refractivity contribution in [2.24, 2.45) is 5.92 Å². The second-order valence-corrected chi connectivity index (χ2v) is 9.56. The number of sulfone groups is 1. The fourth-order valence-electron chi connectivity index (χ4n) is 2.09. The van der Waals surface area contributed by atoms with Crippen LogP contribution in [0, 0.1) is 5.92 Å². The summed E-state index contributed by atoms with van der Waals surface area (Å²) in [5.74, 6) is -1.15. The van der Waals surface area contributed by atoms with E-state index in [2.05, 4.69) is 4.72 Å². The number of carboxylic acids is 1. The van der Waals surface area contributed by atoms with Gasteiger partial charge in [-0.1, -0.05) is 6.92 Å². The third kappa shape index (κ3) is 5.76. The molecule has 0 saturated carbocycles. The van der Waals surface area contributed by atoms with Gasteiger partial charge in [-0.3, -0.25) is 4.79 Å². The number of aliphatic carboxylic acids is 1. The lowest BCUT2D eigenvalue weighted by atomic mass is 10.0. The minimum Gasteiger partial charge on any atom is -0.481 e. The first kappa shape index (κ1) is 17.4. The molecule has 1 aliphatic heterocycles. The van der Waals surface area contributed by atoms with Crippen LogP contribution in [0.4, 0.5) is 0 Å². The number of hydrogen-bond acceptors (Lipinski definition) is 5. The van der Waals surface area contributed by atoms with E-state index in [1.165, 1.54) is 0 Å². The molecular formula is C11H21NO6S2. The number of carboxylic acid groups (broad SMARTS) is 1. The summed E-state index contributed by atoms with van der Waals surface area (Å²) in [6, 6.07) is 0. The van der Waals surface area contributed by atoms with Crippen LogP contribution in [0.2, 0.25) is 0 Å². The lowest BCUT2D eigenvalue weighted by Gasteiger charge is -2.13. The molecular weight excluding hydrogens is 306 g/mol. The lowest BCUT2D eigenvalue weighted by molar-refractivity contribution is -0.137. The monoisotopic (exact) mass is 327 g/mol. The highest BCUT2D eigenvalue weighted by Gasteiger charge is 2.36. The van der Waals surface area contributed by atoms with Crippen molar-refractivity contribution >= 4 is 25.8 Å². The van der Waals surface area contributed by atoms with Crippen LogP contribution in [0.15, 0.2) is 0 Å². The van der Waals surface area contributed by atoms with Gasteiger partial charge >= 0.3 is 5.97 Å². The maximum Gasteiger partial charge on any atom is 0.303 e. The summed E-state index contributed by atoms with van der Waals surface area (Å²) in [6.07, 6.45) is 1.24. The van der Waals surface area contributed by atoms with Gasteiger partial charge in [0.1, 0.15) is 0 Å². The molecule has 0 aliphatic carbocycles. The zero-order valence-electron chi connectivity index (χ0n) is 11.4. The zero-order valence-corrected chi connectivity index (χ0v) is 13.0. The van der Waals surface area contributed by atoms with Gasteiger partial charge in [0.2, 0.25) is 10.0 Å². The van der Waals surface area contributed by atoms with Crippen molar-refractivity contribution in [3.8, 4) is 0 Å². The first-order valence-corrected chi connectivity index (χ1v) is 9.90. The SMILES string of the molecule is CC(CCNS(=O)(=O)C1CCS(=O)(=O)C1)CCC(=O)O.